The Morgan fingerprint density at radius 2 is 1.88 bits per heavy atom. The highest BCUT2D eigenvalue weighted by Crippen LogP contribution is 2.04. The van der Waals surface area contributed by atoms with Gasteiger partial charge in [0.05, 0.1) is 6.61 Å². The zero-order valence-corrected chi connectivity index (χ0v) is 10.8. The highest BCUT2D eigenvalue weighted by molar-refractivity contribution is 7.90. The fourth-order valence-corrected chi connectivity index (χ4v) is 2.30. The average molecular weight is 267 g/mol. The van der Waals surface area contributed by atoms with Crippen LogP contribution in [0.2, 0.25) is 0 Å². The molecule has 0 radical (unpaired) electrons. The number of ether oxygens (including phenoxy) is 1. The second kappa shape index (κ2) is 6.55. The number of carboxylic acid groups (broad SMARTS) is 1. The summed E-state index contributed by atoms with van der Waals surface area (Å²) in [6.45, 7) is 4.74. The summed E-state index contributed by atoms with van der Waals surface area (Å²) in [7, 11) is -4.00. The summed E-state index contributed by atoms with van der Waals surface area (Å²) < 4.78 is 29.3. The van der Waals surface area contributed by atoms with E-state index in [-0.39, 0.29) is 6.61 Å². The lowest BCUT2D eigenvalue weighted by Crippen LogP contribution is -2.46. The maximum Gasteiger partial charge on any atom is 0.322 e. The van der Waals surface area contributed by atoms with E-state index >= 15 is 0 Å². The first-order chi connectivity index (χ1) is 7.69. The van der Waals surface area contributed by atoms with Gasteiger partial charge in [-0.25, -0.2) is 13.1 Å². The lowest BCUT2D eigenvalue weighted by atomic mass is 10.1. The van der Waals surface area contributed by atoms with Gasteiger partial charge in [0.15, 0.2) is 5.75 Å². The molecule has 0 saturated heterocycles. The monoisotopic (exact) mass is 267 g/mol. The number of hydrogen-bond donors (Lipinski definition) is 2. The standard InChI is InChI=1S/C9H17NO6S/c1-4-16-7(11)5-17(14,15)10-8(6(2)3)9(12)13/h6,8,10H,4-5H2,1-3H3,(H,12,13). The van der Waals surface area contributed by atoms with Crippen molar-refractivity contribution >= 4 is 22.0 Å². The number of carboxylic acids is 1. The molecule has 0 amide bonds. The minimum atomic E-state index is -4.00. The third kappa shape index (κ3) is 6.22. The number of aliphatic carboxylic acids is 1. The van der Waals surface area contributed by atoms with Gasteiger partial charge in [-0.2, -0.15) is 0 Å². The van der Waals surface area contributed by atoms with Gasteiger partial charge in [0, 0.05) is 0 Å². The van der Waals surface area contributed by atoms with Crippen LogP contribution in [-0.2, 0) is 24.3 Å². The fourth-order valence-electron chi connectivity index (χ4n) is 1.06. The molecule has 0 rings (SSSR count). The van der Waals surface area contributed by atoms with Crippen LogP contribution in [0.1, 0.15) is 20.8 Å². The Labute approximate surface area is 100 Å². The van der Waals surface area contributed by atoms with Crippen molar-refractivity contribution in [2.45, 2.75) is 26.8 Å². The van der Waals surface area contributed by atoms with E-state index in [0.717, 1.165) is 0 Å². The van der Waals surface area contributed by atoms with Crippen LogP contribution in [0.15, 0.2) is 0 Å². The van der Waals surface area contributed by atoms with E-state index in [1.165, 1.54) is 0 Å². The van der Waals surface area contributed by atoms with E-state index in [2.05, 4.69) is 4.74 Å². The molecule has 100 valence electrons. The highest BCUT2D eigenvalue weighted by atomic mass is 32.2. The van der Waals surface area contributed by atoms with Crippen LogP contribution in [0, 0.1) is 5.92 Å². The molecule has 0 spiro atoms. The summed E-state index contributed by atoms with van der Waals surface area (Å²) in [6, 6.07) is -1.26. The number of esters is 1. The molecule has 0 aromatic carbocycles. The Hall–Kier alpha value is -1.15. The first-order valence-corrected chi connectivity index (χ1v) is 6.73. The third-order valence-electron chi connectivity index (χ3n) is 1.85. The molecule has 7 nitrogen and oxygen atoms in total. The van der Waals surface area contributed by atoms with Crippen LogP contribution < -0.4 is 4.72 Å². The number of rotatable bonds is 7. The number of hydrogen-bond acceptors (Lipinski definition) is 5. The van der Waals surface area contributed by atoms with Gasteiger partial charge in [0.25, 0.3) is 0 Å². The van der Waals surface area contributed by atoms with Crippen molar-refractivity contribution < 1.29 is 27.9 Å². The largest absolute Gasteiger partial charge is 0.480 e. The van der Waals surface area contributed by atoms with Crippen molar-refractivity contribution in [3.63, 3.8) is 0 Å². The van der Waals surface area contributed by atoms with Gasteiger partial charge < -0.3 is 9.84 Å². The number of nitrogens with one attached hydrogen (secondary N) is 1. The Morgan fingerprint density at radius 1 is 1.35 bits per heavy atom. The molecule has 0 saturated carbocycles. The Morgan fingerprint density at radius 3 is 2.24 bits per heavy atom. The maximum atomic E-state index is 11.5. The lowest BCUT2D eigenvalue weighted by Gasteiger charge is -2.17. The van der Waals surface area contributed by atoms with Gasteiger partial charge in [-0.3, -0.25) is 9.59 Å². The first kappa shape index (κ1) is 15.9. The van der Waals surface area contributed by atoms with Gasteiger partial charge in [0.1, 0.15) is 6.04 Å². The quantitative estimate of drug-likeness (QED) is 0.606. The van der Waals surface area contributed by atoms with E-state index in [4.69, 9.17) is 5.11 Å². The van der Waals surface area contributed by atoms with E-state index in [1.807, 2.05) is 4.72 Å². The van der Waals surface area contributed by atoms with Crippen molar-refractivity contribution in [1.29, 1.82) is 0 Å². The molecule has 0 fully saturated rings. The Kier molecular flexibility index (Phi) is 6.11. The van der Waals surface area contributed by atoms with E-state index in [9.17, 15) is 18.0 Å². The molecule has 8 heteroatoms. The minimum absolute atomic E-state index is 0.0703. The Bertz CT molecular complexity index is 375. The van der Waals surface area contributed by atoms with Crippen molar-refractivity contribution in [3.8, 4) is 0 Å². The topological polar surface area (TPSA) is 110 Å². The zero-order valence-electron chi connectivity index (χ0n) is 9.97. The van der Waals surface area contributed by atoms with Gasteiger partial charge in [-0.1, -0.05) is 13.8 Å². The SMILES string of the molecule is CCOC(=O)CS(=O)(=O)NC(C(=O)O)C(C)C. The molecular weight excluding hydrogens is 250 g/mol. The maximum absolute atomic E-state index is 11.5. The van der Waals surface area contributed by atoms with Gasteiger partial charge >= 0.3 is 11.9 Å². The summed E-state index contributed by atoms with van der Waals surface area (Å²) in [4.78, 5) is 21.8. The molecule has 2 N–H and O–H groups in total. The van der Waals surface area contributed by atoms with Crippen LogP contribution in [0.5, 0.6) is 0 Å². The van der Waals surface area contributed by atoms with Gasteiger partial charge in [-0.15, -0.1) is 0 Å². The second-order valence-electron chi connectivity index (χ2n) is 3.74. The molecule has 0 bridgehead atoms. The Balaban J connectivity index is 4.63. The van der Waals surface area contributed by atoms with Gasteiger partial charge in [-0.05, 0) is 12.8 Å². The fraction of sp³-hybridized carbons (Fsp3) is 0.778. The van der Waals surface area contributed by atoms with Crippen LogP contribution >= 0.6 is 0 Å². The summed E-state index contributed by atoms with van der Waals surface area (Å²) in [6.07, 6.45) is 0. The second-order valence-corrected chi connectivity index (χ2v) is 5.50. The van der Waals surface area contributed by atoms with E-state index < -0.39 is 39.7 Å². The number of carbonyl (C=O) groups excluding carboxylic acids is 1. The van der Waals surface area contributed by atoms with Crippen molar-refractivity contribution in [2.75, 3.05) is 12.4 Å². The van der Waals surface area contributed by atoms with E-state index in [1.54, 1.807) is 20.8 Å². The van der Waals surface area contributed by atoms with Crippen LogP contribution in [0.4, 0.5) is 0 Å². The molecule has 0 aliphatic heterocycles. The van der Waals surface area contributed by atoms with E-state index in [0.29, 0.717) is 0 Å². The highest BCUT2D eigenvalue weighted by Gasteiger charge is 2.28. The summed E-state index contributed by atoms with van der Waals surface area (Å²) in [5.74, 6) is -3.50. The van der Waals surface area contributed by atoms with Crippen LogP contribution in [0.25, 0.3) is 0 Å². The molecule has 17 heavy (non-hydrogen) atoms. The average Bonchev–Trinajstić information content (AvgIpc) is 2.12. The predicted octanol–water partition coefficient (Wildman–Crippen LogP) is -0.422. The summed E-state index contributed by atoms with van der Waals surface area (Å²) >= 11 is 0. The molecule has 0 aliphatic rings. The third-order valence-corrected chi connectivity index (χ3v) is 3.08. The van der Waals surface area contributed by atoms with Crippen molar-refractivity contribution in [2.24, 2.45) is 5.92 Å². The minimum Gasteiger partial charge on any atom is -0.480 e. The molecule has 1 unspecified atom stereocenters. The predicted molar refractivity (Wildman–Crippen MR) is 59.8 cm³/mol. The molecule has 0 heterocycles. The van der Waals surface area contributed by atoms with Crippen LogP contribution in [0.3, 0.4) is 0 Å². The number of carbonyl (C=O) groups is 2. The summed E-state index contributed by atoms with van der Waals surface area (Å²) in [5.41, 5.74) is 0. The van der Waals surface area contributed by atoms with Crippen LogP contribution in [-0.4, -0.2) is 43.9 Å². The first-order valence-electron chi connectivity index (χ1n) is 5.08. The molecule has 0 aromatic heterocycles. The zero-order chi connectivity index (χ0) is 13.6. The molecule has 0 aromatic rings. The smallest absolute Gasteiger partial charge is 0.322 e. The number of sulfonamides is 1. The van der Waals surface area contributed by atoms with Crippen molar-refractivity contribution in [1.82, 2.24) is 4.72 Å². The van der Waals surface area contributed by atoms with Crippen molar-refractivity contribution in [3.05, 3.63) is 0 Å². The molecular formula is C9H17NO6S. The summed E-state index contributed by atoms with van der Waals surface area (Å²) in [5, 5.41) is 8.80. The molecule has 1 atom stereocenters. The normalized spacial score (nSPS) is 13.4. The van der Waals surface area contributed by atoms with Gasteiger partial charge in [0.2, 0.25) is 10.0 Å². The lowest BCUT2D eigenvalue weighted by molar-refractivity contribution is -0.141. The molecule has 0 aliphatic carbocycles.